The molecule has 0 aliphatic carbocycles. The summed E-state index contributed by atoms with van der Waals surface area (Å²) in [6.07, 6.45) is 0.928. The lowest BCUT2D eigenvalue weighted by Gasteiger charge is -2.22. The summed E-state index contributed by atoms with van der Waals surface area (Å²) in [6, 6.07) is 6.03. The van der Waals surface area contributed by atoms with Gasteiger partial charge in [0.05, 0.1) is 26.5 Å². The maximum absolute atomic E-state index is 6.22. The van der Waals surface area contributed by atoms with Gasteiger partial charge in [0.1, 0.15) is 11.5 Å². The molecule has 1 aromatic carbocycles. The molecule has 0 fully saturated rings. The van der Waals surface area contributed by atoms with Crippen molar-refractivity contribution in [1.29, 1.82) is 0 Å². The predicted molar refractivity (Wildman–Crippen MR) is 112 cm³/mol. The van der Waals surface area contributed by atoms with Crippen molar-refractivity contribution >= 4 is 5.69 Å². The standard InChI is InChI=1S/C22H32N2O4/c1-8-17(13-27-9-2)24-19-12-16(5)23-22(21(19)26-7)28-20-14(3)10-18(25-6)11-15(20)4/h10-12,17H,8-9,13H2,1-7H3,(H,23,24). The third-order valence-corrected chi connectivity index (χ3v) is 4.52. The first-order valence-electron chi connectivity index (χ1n) is 9.66. The lowest BCUT2D eigenvalue weighted by Crippen LogP contribution is -2.25. The van der Waals surface area contributed by atoms with Gasteiger partial charge in [0, 0.05) is 18.3 Å². The van der Waals surface area contributed by atoms with E-state index in [1.54, 1.807) is 14.2 Å². The van der Waals surface area contributed by atoms with E-state index in [4.69, 9.17) is 18.9 Å². The Hall–Kier alpha value is -2.47. The third-order valence-electron chi connectivity index (χ3n) is 4.52. The Kier molecular flexibility index (Phi) is 7.93. The number of hydrogen-bond acceptors (Lipinski definition) is 6. The van der Waals surface area contributed by atoms with Crippen LogP contribution in [0.2, 0.25) is 0 Å². The summed E-state index contributed by atoms with van der Waals surface area (Å²) < 4.78 is 22.8. The van der Waals surface area contributed by atoms with Gasteiger partial charge in [-0.15, -0.1) is 0 Å². The Morgan fingerprint density at radius 2 is 1.64 bits per heavy atom. The summed E-state index contributed by atoms with van der Waals surface area (Å²) in [5.41, 5.74) is 3.63. The predicted octanol–water partition coefficient (Wildman–Crippen LogP) is 5.04. The van der Waals surface area contributed by atoms with Gasteiger partial charge in [0.15, 0.2) is 0 Å². The first kappa shape index (κ1) is 21.8. The Morgan fingerprint density at radius 3 is 2.18 bits per heavy atom. The average molecular weight is 389 g/mol. The molecule has 1 unspecified atom stereocenters. The van der Waals surface area contributed by atoms with Crippen LogP contribution in [0.25, 0.3) is 0 Å². The van der Waals surface area contributed by atoms with Gasteiger partial charge in [-0.2, -0.15) is 0 Å². The van der Waals surface area contributed by atoms with Crippen molar-refractivity contribution in [2.45, 2.75) is 47.1 Å². The zero-order chi connectivity index (χ0) is 20.7. The molecular formula is C22H32N2O4. The molecule has 0 spiro atoms. The minimum atomic E-state index is 0.174. The molecule has 1 atom stereocenters. The highest BCUT2D eigenvalue weighted by atomic mass is 16.5. The smallest absolute Gasteiger partial charge is 0.265 e. The van der Waals surface area contributed by atoms with Crippen molar-refractivity contribution in [3.63, 3.8) is 0 Å². The van der Waals surface area contributed by atoms with E-state index in [1.165, 1.54) is 0 Å². The number of rotatable bonds is 10. The molecule has 28 heavy (non-hydrogen) atoms. The first-order valence-corrected chi connectivity index (χ1v) is 9.66. The van der Waals surface area contributed by atoms with E-state index in [1.807, 2.05) is 45.9 Å². The van der Waals surface area contributed by atoms with Gasteiger partial charge in [-0.1, -0.05) is 6.92 Å². The monoisotopic (exact) mass is 388 g/mol. The number of hydrogen-bond donors (Lipinski definition) is 1. The molecule has 0 bridgehead atoms. The molecule has 6 nitrogen and oxygen atoms in total. The number of anilines is 1. The Balaban J connectivity index is 2.39. The lowest BCUT2D eigenvalue weighted by atomic mass is 10.1. The summed E-state index contributed by atoms with van der Waals surface area (Å²) in [5, 5.41) is 3.51. The summed E-state index contributed by atoms with van der Waals surface area (Å²) >= 11 is 0. The van der Waals surface area contributed by atoms with Gasteiger partial charge >= 0.3 is 0 Å². The normalized spacial score (nSPS) is 11.8. The van der Waals surface area contributed by atoms with Gasteiger partial charge in [0.25, 0.3) is 5.88 Å². The van der Waals surface area contributed by atoms with Gasteiger partial charge in [-0.3, -0.25) is 0 Å². The summed E-state index contributed by atoms with van der Waals surface area (Å²) in [6.45, 7) is 11.4. The van der Waals surface area contributed by atoms with Crippen LogP contribution in [0.4, 0.5) is 5.69 Å². The van der Waals surface area contributed by atoms with Crippen molar-refractivity contribution in [2.75, 3.05) is 32.8 Å². The molecule has 0 saturated heterocycles. The van der Waals surface area contributed by atoms with Crippen molar-refractivity contribution in [2.24, 2.45) is 0 Å². The number of nitrogens with zero attached hydrogens (tertiary/aromatic N) is 1. The number of ether oxygens (including phenoxy) is 4. The van der Waals surface area contributed by atoms with Gasteiger partial charge in [-0.25, -0.2) is 4.98 Å². The van der Waals surface area contributed by atoms with Crippen LogP contribution in [-0.4, -0.2) is 38.5 Å². The number of aromatic nitrogens is 1. The highest BCUT2D eigenvalue weighted by molar-refractivity contribution is 5.63. The maximum Gasteiger partial charge on any atom is 0.265 e. The van der Waals surface area contributed by atoms with Crippen LogP contribution < -0.4 is 19.5 Å². The number of methoxy groups -OCH3 is 2. The molecule has 0 amide bonds. The largest absolute Gasteiger partial charge is 0.497 e. The highest BCUT2D eigenvalue weighted by Crippen LogP contribution is 2.40. The third kappa shape index (κ3) is 5.29. The van der Waals surface area contributed by atoms with E-state index in [0.29, 0.717) is 24.8 Å². The first-order chi connectivity index (χ1) is 13.4. The van der Waals surface area contributed by atoms with E-state index < -0.39 is 0 Å². The van der Waals surface area contributed by atoms with Crippen molar-refractivity contribution in [3.05, 3.63) is 35.0 Å². The fourth-order valence-corrected chi connectivity index (χ4v) is 3.03. The summed E-state index contributed by atoms with van der Waals surface area (Å²) in [4.78, 5) is 4.57. The second kappa shape index (κ2) is 10.2. The second-order valence-corrected chi connectivity index (χ2v) is 6.75. The molecule has 0 aliphatic heterocycles. The lowest BCUT2D eigenvalue weighted by molar-refractivity contribution is 0.136. The van der Waals surface area contributed by atoms with E-state index in [-0.39, 0.29) is 6.04 Å². The van der Waals surface area contributed by atoms with Crippen LogP contribution >= 0.6 is 0 Å². The zero-order valence-corrected chi connectivity index (χ0v) is 18.0. The van der Waals surface area contributed by atoms with E-state index in [2.05, 4.69) is 17.2 Å². The quantitative estimate of drug-likeness (QED) is 0.615. The van der Waals surface area contributed by atoms with Crippen LogP contribution in [0, 0.1) is 20.8 Å². The Bertz CT molecular complexity index is 769. The SMILES string of the molecule is CCOCC(CC)Nc1cc(C)nc(Oc2c(C)cc(OC)cc2C)c1OC. The van der Waals surface area contributed by atoms with E-state index >= 15 is 0 Å². The fraction of sp³-hybridized carbons (Fsp3) is 0.500. The van der Waals surface area contributed by atoms with Crippen LogP contribution in [0.1, 0.15) is 37.1 Å². The molecule has 2 rings (SSSR count). The van der Waals surface area contributed by atoms with Crippen molar-refractivity contribution in [3.8, 4) is 23.1 Å². The zero-order valence-electron chi connectivity index (χ0n) is 18.0. The Morgan fingerprint density at radius 1 is 0.964 bits per heavy atom. The van der Waals surface area contributed by atoms with Crippen LogP contribution in [0.15, 0.2) is 18.2 Å². The average Bonchev–Trinajstić information content (AvgIpc) is 2.67. The molecule has 1 N–H and O–H groups in total. The second-order valence-electron chi connectivity index (χ2n) is 6.75. The maximum atomic E-state index is 6.22. The molecule has 1 aromatic heterocycles. The number of nitrogens with one attached hydrogen (secondary N) is 1. The van der Waals surface area contributed by atoms with Gasteiger partial charge < -0.3 is 24.3 Å². The Labute approximate surface area is 168 Å². The molecule has 0 radical (unpaired) electrons. The molecular weight excluding hydrogens is 356 g/mol. The molecule has 0 aliphatic rings. The van der Waals surface area contributed by atoms with Gasteiger partial charge in [-0.05, 0) is 63.4 Å². The number of benzene rings is 1. The minimum absolute atomic E-state index is 0.174. The molecule has 1 heterocycles. The van der Waals surface area contributed by atoms with Crippen LogP contribution in [0.5, 0.6) is 23.1 Å². The summed E-state index contributed by atoms with van der Waals surface area (Å²) in [5.74, 6) is 2.57. The minimum Gasteiger partial charge on any atom is -0.497 e. The fourth-order valence-electron chi connectivity index (χ4n) is 3.03. The van der Waals surface area contributed by atoms with Crippen molar-refractivity contribution in [1.82, 2.24) is 4.98 Å². The van der Waals surface area contributed by atoms with Crippen LogP contribution in [-0.2, 0) is 4.74 Å². The van der Waals surface area contributed by atoms with E-state index in [0.717, 1.165) is 40.4 Å². The van der Waals surface area contributed by atoms with Gasteiger partial charge in [0.2, 0.25) is 5.75 Å². The molecule has 0 saturated carbocycles. The topological polar surface area (TPSA) is 61.8 Å². The van der Waals surface area contributed by atoms with Crippen LogP contribution in [0.3, 0.4) is 0 Å². The molecule has 154 valence electrons. The molecule has 6 heteroatoms. The van der Waals surface area contributed by atoms with E-state index in [9.17, 15) is 0 Å². The summed E-state index contributed by atoms with van der Waals surface area (Å²) in [7, 11) is 3.28. The van der Waals surface area contributed by atoms with Crippen molar-refractivity contribution < 1.29 is 18.9 Å². The molecule has 2 aromatic rings. The highest BCUT2D eigenvalue weighted by Gasteiger charge is 2.19. The number of pyridine rings is 1. The number of aryl methyl sites for hydroxylation is 3.